The minimum absolute atomic E-state index is 0.105. The quantitative estimate of drug-likeness (QED) is 0.0222. The summed E-state index contributed by atoms with van der Waals surface area (Å²) in [6.07, 6.45) is 55.7. The molecule has 19 heteroatoms. The summed E-state index contributed by atoms with van der Waals surface area (Å²) in [6, 6.07) is 0. The number of carbonyl (C=O) groups is 4. The van der Waals surface area contributed by atoms with Crippen LogP contribution in [0, 0.1) is 23.7 Å². The van der Waals surface area contributed by atoms with Crippen LogP contribution in [0.1, 0.15) is 409 Å². The average molecular weight is 1450 g/mol. The zero-order chi connectivity index (χ0) is 73.1. The number of aliphatic hydroxyl groups excluding tert-OH is 1. The second-order valence-electron chi connectivity index (χ2n) is 30.5. The Bertz CT molecular complexity index is 1940. The fourth-order valence-electron chi connectivity index (χ4n) is 12.2. The van der Waals surface area contributed by atoms with E-state index in [-0.39, 0.29) is 25.7 Å². The molecule has 0 saturated carbocycles. The molecule has 6 atom stereocenters. The summed E-state index contributed by atoms with van der Waals surface area (Å²) >= 11 is 0. The van der Waals surface area contributed by atoms with Crippen LogP contribution < -0.4 is 0 Å². The lowest BCUT2D eigenvalue weighted by molar-refractivity contribution is -0.161. The molecular weight excluding hydrogens is 1290 g/mol. The highest BCUT2D eigenvalue weighted by Crippen LogP contribution is 2.45. The molecule has 0 aromatic rings. The van der Waals surface area contributed by atoms with Crippen LogP contribution in [0.4, 0.5) is 0 Å². The van der Waals surface area contributed by atoms with Crippen molar-refractivity contribution in [1.82, 2.24) is 0 Å². The van der Waals surface area contributed by atoms with E-state index < -0.39 is 97.5 Å². The number of ether oxygens (including phenoxy) is 4. The van der Waals surface area contributed by atoms with Crippen molar-refractivity contribution in [3.05, 3.63) is 0 Å². The Balaban J connectivity index is 5.20. The molecule has 0 rings (SSSR count). The zero-order valence-electron chi connectivity index (χ0n) is 65.1. The lowest BCUT2D eigenvalue weighted by atomic mass is 9.99. The largest absolute Gasteiger partial charge is 0.472 e. The molecule has 0 amide bonds. The minimum atomic E-state index is -4.96. The Morgan fingerprint density at radius 2 is 0.485 bits per heavy atom. The van der Waals surface area contributed by atoms with Crippen molar-refractivity contribution in [2.45, 2.75) is 427 Å². The van der Waals surface area contributed by atoms with E-state index >= 15 is 0 Å². The summed E-state index contributed by atoms with van der Waals surface area (Å²) in [5.41, 5.74) is 0. The number of carbonyl (C=O) groups excluding carboxylic acids is 4. The highest BCUT2D eigenvalue weighted by molar-refractivity contribution is 7.47. The van der Waals surface area contributed by atoms with Crippen LogP contribution in [-0.2, 0) is 65.4 Å². The van der Waals surface area contributed by atoms with Gasteiger partial charge < -0.3 is 33.8 Å². The summed E-state index contributed by atoms with van der Waals surface area (Å²) in [6.45, 7) is 14.2. The van der Waals surface area contributed by atoms with Crippen LogP contribution in [0.2, 0.25) is 0 Å². The molecule has 3 unspecified atom stereocenters. The Morgan fingerprint density at radius 1 is 0.283 bits per heavy atom. The minimum Gasteiger partial charge on any atom is -0.462 e. The highest BCUT2D eigenvalue weighted by atomic mass is 31.2. The first-order chi connectivity index (χ1) is 47.6. The van der Waals surface area contributed by atoms with Crippen molar-refractivity contribution in [1.29, 1.82) is 0 Å². The summed E-state index contributed by atoms with van der Waals surface area (Å²) in [4.78, 5) is 72.9. The van der Waals surface area contributed by atoms with Crippen LogP contribution in [-0.4, -0.2) is 96.7 Å². The molecule has 0 aliphatic carbocycles. The zero-order valence-corrected chi connectivity index (χ0v) is 66.9. The van der Waals surface area contributed by atoms with E-state index in [0.29, 0.717) is 31.6 Å². The third kappa shape index (κ3) is 72.8. The van der Waals surface area contributed by atoms with E-state index in [9.17, 15) is 43.2 Å². The first kappa shape index (κ1) is 97.1. The number of phosphoric ester groups is 2. The molecule has 0 fully saturated rings. The molecule has 588 valence electrons. The van der Waals surface area contributed by atoms with E-state index in [1.807, 2.05) is 0 Å². The number of unbranched alkanes of at least 4 members (excludes halogenated alkanes) is 42. The number of phosphoric acid groups is 2. The van der Waals surface area contributed by atoms with Gasteiger partial charge in [0.1, 0.15) is 19.3 Å². The highest BCUT2D eigenvalue weighted by Gasteiger charge is 2.30. The van der Waals surface area contributed by atoms with Gasteiger partial charge in [-0.15, -0.1) is 0 Å². The Kier molecular flexibility index (Phi) is 67.8. The predicted octanol–water partition coefficient (Wildman–Crippen LogP) is 23.6. The number of hydrogen-bond acceptors (Lipinski definition) is 15. The molecule has 0 bridgehead atoms. The number of esters is 4. The second-order valence-corrected chi connectivity index (χ2v) is 33.4. The maximum atomic E-state index is 13.1. The molecule has 99 heavy (non-hydrogen) atoms. The van der Waals surface area contributed by atoms with E-state index in [0.717, 1.165) is 114 Å². The molecule has 0 aromatic carbocycles. The van der Waals surface area contributed by atoms with E-state index in [2.05, 4.69) is 55.4 Å². The smallest absolute Gasteiger partial charge is 0.462 e. The molecule has 0 aliphatic rings. The van der Waals surface area contributed by atoms with Gasteiger partial charge in [-0.3, -0.25) is 37.3 Å². The summed E-state index contributed by atoms with van der Waals surface area (Å²) in [5, 5.41) is 10.6. The average Bonchev–Trinajstić information content (AvgIpc) is 1.02. The predicted molar refractivity (Wildman–Crippen MR) is 404 cm³/mol. The van der Waals surface area contributed by atoms with Crippen LogP contribution >= 0.6 is 15.6 Å². The molecule has 0 aliphatic heterocycles. The van der Waals surface area contributed by atoms with Gasteiger partial charge in [0.15, 0.2) is 12.2 Å². The van der Waals surface area contributed by atoms with Crippen molar-refractivity contribution in [2.24, 2.45) is 23.7 Å². The first-order valence-corrected chi connectivity index (χ1v) is 44.2. The molecule has 0 aromatic heterocycles. The van der Waals surface area contributed by atoms with Gasteiger partial charge in [-0.1, -0.05) is 357 Å². The standard InChI is InChI=1S/C80H156O17P2/c1-9-73(8)59-51-43-34-28-21-16-14-12-10-11-13-15-17-23-30-36-46-54-62-79(84)96-75(66-90-77(82)60-52-44-35-29-22-19-18-20-26-32-40-48-56-70(2)3)68-94-98(86,87)92-64-74(81)65-93-99(88,89)95-69-76(67-91-78(83)61-53-45-39-38-42-50-58-72(6)7)97-80(85)63-55-47-37-31-25-24-27-33-41-49-57-71(4)5/h70-76,81H,9-69H2,1-8H3,(H,86,87)(H,88,89)/t73?,74-,75-,76-/m1/s1. The molecule has 0 spiro atoms. The van der Waals surface area contributed by atoms with Gasteiger partial charge in [-0.05, 0) is 49.4 Å². The second kappa shape index (κ2) is 69.1. The van der Waals surface area contributed by atoms with Crippen molar-refractivity contribution in [2.75, 3.05) is 39.6 Å². The van der Waals surface area contributed by atoms with Gasteiger partial charge >= 0.3 is 39.5 Å². The van der Waals surface area contributed by atoms with Crippen LogP contribution in [0.3, 0.4) is 0 Å². The third-order valence-corrected chi connectivity index (χ3v) is 20.8. The normalized spacial score (nSPS) is 14.3. The van der Waals surface area contributed by atoms with Crippen molar-refractivity contribution in [3.8, 4) is 0 Å². The Hall–Kier alpha value is -1.94. The first-order valence-electron chi connectivity index (χ1n) is 41.2. The molecular formula is C80H156O17P2. The summed E-state index contributed by atoms with van der Waals surface area (Å²) < 4.78 is 68.6. The fraction of sp³-hybridized carbons (Fsp3) is 0.950. The van der Waals surface area contributed by atoms with Crippen LogP contribution in [0.5, 0.6) is 0 Å². The van der Waals surface area contributed by atoms with Gasteiger partial charge in [0.25, 0.3) is 0 Å². The topological polar surface area (TPSA) is 237 Å². The third-order valence-electron chi connectivity index (χ3n) is 18.9. The van der Waals surface area contributed by atoms with E-state index in [4.69, 9.17) is 37.0 Å². The monoisotopic (exact) mass is 1450 g/mol. The molecule has 0 radical (unpaired) electrons. The number of rotatable bonds is 77. The fourth-order valence-corrected chi connectivity index (χ4v) is 13.8. The van der Waals surface area contributed by atoms with Gasteiger partial charge in [-0.25, -0.2) is 9.13 Å². The Labute approximate surface area is 607 Å². The number of aliphatic hydroxyl groups is 1. The van der Waals surface area contributed by atoms with Crippen molar-refractivity contribution >= 4 is 39.5 Å². The van der Waals surface area contributed by atoms with Crippen LogP contribution in [0.15, 0.2) is 0 Å². The van der Waals surface area contributed by atoms with E-state index in [1.54, 1.807) is 0 Å². The van der Waals surface area contributed by atoms with E-state index in [1.165, 1.54) is 205 Å². The number of hydrogen-bond donors (Lipinski definition) is 3. The molecule has 17 nitrogen and oxygen atoms in total. The lowest BCUT2D eigenvalue weighted by Crippen LogP contribution is -2.30. The van der Waals surface area contributed by atoms with Gasteiger partial charge in [0.2, 0.25) is 0 Å². The molecule has 0 saturated heterocycles. The summed E-state index contributed by atoms with van der Waals surface area (Å²) in [5.74, 6) is 0.966. The van der Waals surface area contributed by atoms with Gasteiger partial charge in [-0.2, -0.15) is 0 Å². The van der Waals surface area contributed by atoms with Crippen LogP contribution in [0.25, 0.3) is 0 Å². The van der Waals surface area contributed by atoms with Gasteiger partial charge in [0.05, 0.1) is 26.4 Å². The van der Waals surface area contributed by atoms with Crippen molar-refractivity contribution in [3.63, 3.8) is 0 Å². The lowest BCUT2D eigenvalue weighted by Gasteiger charge is -2.21. The Morgan fingerprint density at radius 3 is 0.717 bits per heavy atom. The van der Waals surface area contributed by atoms with Crippen molar-refractivity contribution < 1.29 is 80.2 Å². The SMILES string of the molecule is CCC(C)CCCCCCCCCCCCCCCCCCCCC(=O)O[C@H](COC(=O)CCCCCCCCCCCCCCC(C)C)COP(=O)(O)OC[C@@H](O)COP(=O)(O)OC[C@@H](COC(=O)CCCCCCCCC(C)C)OC(=O)CCCCCCCCCCCCC(C)C. The summed E-state index contributed by atoms with van der Waals surface area (Å²) in [7, 11) is -9.92. The molecule has 3 N–H and O–H groups in total. The van der Waals surface area contributed by atoms with Gasteiger partial charge in [0, 0.05) is 25.7 Å². The molecule has 0 heterocycles. The maximum Gasteiger partial charge on any atom is 0.472 e. The maximum absolute atomic E-state index is 13.1.